The van der Waals surface area contributed by atoms with Gasteiger partial charge in [-0.3, -0.25) is 0 Å². The molecule has 1 unspecified atom stereocenters. The van der Waals surface area contributed by atoms with Gasteiger partial charge in [-0.25, -0.2) is 0 Å². The van der Waals surface area contributed by atoms with Gasteiger partial charge in [0.15, 0.2) is 0 Å². The summed E-state index contributed by atoms with van der Waals surface area (Å²) in [7, 11) is 1.57. The third kappa shape index (κ3) is 4.10. The lowest BCUT2D eigenvalue weighted by Crippen LogP contribution is -2.31. The molecule has 1 atom stereocenters. The Bertz CT molecular complexity index is 435. The lowest BCUT2D eigenvalue weighted by Gasteiger charge is -2.31. The number of benzene rings is 1. The summed E-state index contributed by atoms with van der Waals surface area (Å²) in [6.07, 6.45) is -2.35. The molecule has 106 valence electrons. The molecule has 0 saturated carbocycles. The summed E-state index contributed by atoms with van der Waals surface area (Å²) in [6, 6.07) is 5.41. The molecule has 0 aliphatic carbocycles. The molecule has 0 aromatic heterocycles. The minimum atomic E-state index is -4.31. The van der Waals surface area contributed by atoms with E-state index < -0.39 is 11.7 Å². The smallest absolute Gasteiger partial charge is 0.377 e. The molecule has 19 heavy (non-hydrogen) atoms. The first-order valence-electron chi connectivity index (χ1n) is 6.02. The second-order valence-electron chi connectivity index (χ2n) is 5.26. The van der Waals surface area contributed by atoms with Gasteiger partial charge in [0.2, 0.25) is 0 Å². The molecule has 0 aliphatic heterocycles. The molecule has 0 radical (unpaired) electrons. The van der Waals surface area contributed by atoms with Crippen molar-refractivity contribution in [1.82, 2.24) is 0 Å². The Morgan fingerprint density at radius 2 is 1.95 bits per heavy atom. The van der Waals surface area contributed by atoms with Crippen molar-refractivity contribution in [1.29, 1.82) is 0 Å². The summed E-state index contributed by atoms with van der Waals surface area (Å²) >= 11 is 0. The average molecular weight is 272 g/mol. The molecule has 0 saturated heterocycles. The van der Waals surface area contributed by atoms with Gasteiger partial charge < -0.3 is 4.74 Å². The van der Waals surface area contributed by atoms with E-state index in [1.54, 1.807) is 19.3 Å². The Kier molecular flexibility index (Phi) is 4.80. The van der Waals surface area contributed by atoms with Gasteiger partial charge >= 0.3 is 6.18 Å². The van der Waals surface area contributed by atoms with Crippen LogP contribution in [0, 0.1) is 5.41 Å². The molecule has 0 spiro atoms. The minimum absolute atomic E-state index is 0.206. The third-order valence-electron chi connectivity index (χ3n) is 3.15. The molecule has 0 N–H and O–H groups in total. The SMILES string of the molecule is C=CC(OC)C(C)(C)Cc1cccc(C(F)(F)F)c1. The van der Waals surface area contributed by atoms with Gasteiger partial charge in [0, 0.05) is 7.11 Å². The molecule has 0 amide bonds. The second kappa shape index (κ2) is 5.78. The van der Waals surface area contributed by atoms with Gasteiger partial charge in [-0.1, -0.05) is 38.1 Å². The number of rotatable bonds is 5. The van der Waals surface area contributed by atoms with Crippen LogP contribution in [0.5, 0.6) is 0 Å². The highest BCUT2D eigenvalue weighted by atomic mass is 19.4. The Labute approximate surface area is 112 Å². The highest BCUT2D eigenvalue weighted by Gasteiger charge is 2.32. The summed E-state index contributed by atoms with van der Waals surface area (Å²) in [5, 5.41) is 0. The van der Waals surface area contributed by atoms with Crippen LogP contribution in [-0.4, -0.2) is 13.2 Å². The summed E-state index contributed by atoms with van der Waals surface area (Å²) in [5.41, 5.74) is -0.294. The summed E-state index contributed by atoms with van der Waals surface area (Å²) in [5.74, 6) is 0. The molecule has 4 heteroatoms. The zero-order chi connectivity index (χ0) is 14.7. The van der Waals surface area contributed by atoms with Crippen molar-refractivity contribution in [3.05, 3.63) is 48.0 Å². The summed E-state index contributed by atoms with van der Waals surface area (Å²) in [4.78, 5) is 0. The van der Waals surface area contributed by atoms with Crippen molar-refractivity contribution in [2.24, 2.45) is 5.41 Å². The van der Waals surface area contributed by atoms with Gasteiger partial charge in [-0.05, 0) is 23.5 Å². The molecule has 0 aliphatic rings. The molecule has 1 aromatic carbocycles. The van der Waals surface area contributed by atoms with Crippen LogP contribution >= 0.6 is 0 Å². The number of hydrogen-bond donors (Lipinski definition) is 0. The predicted molar refractivity (Wildman–Crippen MR) is 69.9 cm³/mol. The molecular formula is C15H19F3O. The first kappa shape index (κ1) is 15.8. The fourth-order valence-corrected chi connectivity index (χ4v) is 2.22. The first-order chi connectivity index (χ1) is 8.70. The Morgan fingerprint density at radius 3 is 2.42 bits per heavy atom. The van der Waals surface area contributed by atoms with Crippen molar-refractivity contribution < 1.29 is 17.9 Å². The van der Waals surface area contributed by atoms with Crippen LogP contribution < -0.4 is 0 Å². The van der Waals surface area contributed by atoms with E-state index in [1.165, 1.54) is 12.1 Å². The fraction of sp³-hybridized carbons (Fsp3) is 0.467. The van der Waals surface area contributed by atoms with E-state index in [2.05, 4.69) is 6.58 Å². The maximum atomic E-state index is 12.7. The zero-order valence-electron chi connectivity index (χ0n) is 11.4. The highest BCUT2D eigenvalue weighted by molar-refractivity contribution is 5.26. The fourth-order valence-electron chi connectivity index (χ4n) is 2.22. The van der Waals surface area contributed by atoms with Crippen LogP contribution in [-0.2, 0) is 17.3 Å². The maximum Gasteiger partial charge on any atom is 0.416 e. The summed E-state index contributed by atoms with van der Waals surface area (Å²) in [6.45, 7) is 7.59. The normalized spacial score (nSPS) is 14.2. The molecular weight excluding hydrogens is 253 g/mol. The van der Waals surface area contributed by atoms with Crippen molar-refractivity contribution >= 4 is 0 Å². The van der Waals surface area contributed by atoms with E-state index in [0.717, 1.165) is 6.07 Å². The van der Waals surface area contributed by atoms with Gasteiger partial charge in [0.1, 0.15) is 0 Å². The van der Waals surface area contributed by atoms with Gasteiger partial charge in [0.05, 0.1) is 11.7 Å². The third-order valence-corrected chi connectivity index (χ3v) is 3.15. The first-order valence-corrected chi connectivity index (χ1v) is 6.02. The number of hydrogen-bond acceptors (Lipinski definition) is 1. The number of alkyl halides is 3. The van der Waals surface area contributed by atoms with E-state index in [0.29, 0.717) is 12.0 Å². The van der Waals surface area contributed by atoms with Gasteiger partial charge in [0.25, 0.3) is 0 Å². The topological polar surface area (TPSA) is 9.23 Å². The largest absolute Gasteiger partial charge is 0.416 e. The lowest BCUT2D eigenvalue weighted by molar-refractivity contribution is -0.137. The number of ether oxygens (including phenoxy) is 1. The van der Waals surface area contributed by atoms with E-state index in [-0.39, 0.29) is 11.5 Å². The van der Waals surface area contributed by atoms with E-state index in [4.69, 9.17) is 4.74 Å². The maximum absolute atomic E-state index is 12.7. The van der Waals surface area contributed by atoms with E-state index in [1.807, 2.05) is 13.8 Å². The van der Waals surface area contributed by atoms with Crippen molar-refractivity contribution in [2.45, 2.75) is 32.5 Å². The molecule has 0 heterocycles. The van der Waals surface area contributed by atoms with Crippen LogP contribution in [0.4, 0.5) is 13.2 Å². The molecule has 0 fully saturated rings. The number of methoxy groups -OCH3 is 1. The van der Waals surface area contributed by atoms with Crippen molar-refractivity contribution in [3.63, 3.8) is 0 Å². The van der Waals surface area contributed by atoms with E-state index in [9.17, 15) is 13.2 Å². The van der Waals surface area contributed by atoms with Crippen LogP contribution in [0.2, 0.25) is 0 Å². The minimum Gasteiger partial charge on any atom is -0.377 e. The molecule has 1 nitrogen and oxygen atoms in total. The molecule has 1 rings (SSSR count). The zero-order valence-corrected chi connectivity index (χ0v) is 11.4. The van der Waals surface area contributed by atoms with Crippen molar-refractivity contribution in [2.75, 3.05) is 7.11 Å². The standard InChI is InChI=1S/C15H19F3O/c1-5-13(19-4)14(2,3)10-11-7-6-8-12(9-11)15(16,17)18/h5-9,13H,1,10H2,2-4H3. The van der Waals surface area contributed by atoms with Crippen LogP contribution in [0.25, 0.3) is 0 Å². The van der Waals surface area contributed by atoms with Gasteiger partial charge in [-0.2, -0.15) is 13.2 Å². The van der Waals surface area contributed by atoms with E-state index >= 15 is 0 Å². The van der Waals surface area contributed by atoms with Gasteiger partial charge in [-0.15, -0.1) is 6.58 Å². The van der Waals surface area contributed by atoms with Crippen LogP contribution in [0.3, 0.4) is 0 Å². The molecule has 1 aromatic rings. The Balaban J connectivity index is 2.97. The van der Waals surface area contributed by atoms with Crippen molar-refractivity contribution in [3.8, 4) is 0 Å². The van der Waals surface area contributed by atoms with Crippen LogP contribution in [0.1, 0.15) is 25.0 Å². The predicted octanol–water partition coefficient (Wildman–Crippen LogP) is 4.48. The van der Waals surface area contributed by atoms with Crippen LogP contribution in [0.15, 0.2) is 36.9 Å². The molecule has 0 bridgehead atoms. The highest BCUT2D eigenvalue weighted by Crippen LogP contribution is 2.33. The monoisotopic (exact) mass is 272 g/mol. The Hall–Kier alpha value is -1.29. The Morgan fingerprint density at radius 1 is 1.32 bits per heavy atom. The average Bonchev–Trinajstić information content (AvgIpc) is 2.28. The quantitative estimate of drug-likeness (QED) is 0.718. The second-order valence-corrected chi connectivity index (χ2v) is 5.26. The lowest BCUT2D eigenvalue weighted by atomic mass is 9.80. The summed E-state index contributed by atoms with van der Waals surface area (Å²) < 4.78 is 43.2. The number of halogens is 3.